The van der Waals surface area contributed by atoms with E-state index in [2.05, 4.69) is 17.2 Å². The zero-order valence-electron chi connectivity index (χ0n) is 10.6. The molecule has 0 aromatic heterocycles. The fourth-order valence-corrected chi connectivity index (χ4v) is 1.67. The van der Waals surface area contributed by atoms with Crippen molar-refractivity contribution >= 4 is 17.7 Å². The molecule has 0 aliphatic carbocycles. The second-order valence-corrected chi connectivity index (χ2v) is 4.02. The molecule has 5 nitrogen and oxygen atoms in total. The van der Waals surface area contributed by atoms with E-state index in [-0.39, 0.29) is 12.0 Å². The molecule has 0 bridgehead atoms. The molecule has 2 amide bonds. The van der Waals surface area contributed by atoms with Crippen molar-refractivity contribution in [1.82, 2.24) is 5.32 Å². The van der Waals surface area contributed by atoms with Crippen LogP contribution in [0.1, 0.15) is 12.5 Å². The molecule has 98 valence electrons. The van der Waals surface area contributed by atoms with E-state index in [0.717, 1.165) is 11.3 Å². The third-order valence-corrected chi connectivity index (χ3v) is 2.60. The number of amides is 2. The number of nitrogens with zero attached hydrogens (tertiary/aromatic N) is 1. The Hall–Kier alpha value is -2.48. The SMILES string of the molecule is CC(=O)NCC#Cc1ccc(N2CCOC2=O)cc1. The second kappa shape index (κ2) is 5.91. The standard InChI is InChI=1S/C14H14N2O3/c1-11(17)15-8-2-3-12-4-6-13(7-5-12)16-9-10-19-14(16)18/h4-7H,8-10H2,1H3,(H,15,17). The molecule has 19 heavy (non-hydrogen) atoms. The van der Waals surface area contributed by atoms with Gasteiger partial charge in [-0.2, -0.15) is 0 Å². The van der Waals surface area contributed by atoms with Gasteiger partial charge in [0.1, 0.15) is 6.61 Å². The minimum atomic E-state index is -0.315. The van der Waals surface area contributed by atoms with E-state index in [9.17, 15) is 9.59 Å². The molecule has 1 aromatic rings. The highest BCUT2D eigenvalue weighted by Gasteiger charge is 2.22. The molecule has 2 rings (SSSR count). The average molecular weight is 258 g/mol. The summed E-state index contributed by atoms with van der Waals surface area (Å²) in [5.74, 6) is 5.67. The number of nitrogens with one attached hydrogen (secondary N) is 1. The summed E-state index contributed by atoms with van der Waals surface area (Å²) in [7, 11) is 0. The monoisotopic (exact) mass is 258 g/mol. The first-order valence-electron chi connectivity index (χ1n) is 5.94. The molecule has 5 heteroatoms. The lowest BCUT2D eigenvalue weighted by atomic mass is 10.2. The fourth-order valence-electron chi connectivity index (χ4n) is 1.67. The molecule has 0 saturated carbocycles. The summed E-state index contributed by atoms with van der Waals surface area (Å²) in [6.45, 7) is 2.78. The van der Waals surface area contributed by atoms with Gasteiger partial charge in [0.2, 0.25) is 5.91 Å². The molecule has 0 spiro atoms. The van der Waals surface area contributed by atoms with E-state index < -0.39 is 0 Å². The van der Waals surface area contributed by atoms with Gasteiger partial charge in [-0.05, 0) is 24.3 Å². The van der Waals surface area contributed by atoms with Gasteiger partial charge in [0.25, 0.3) is 0 Å². The Morgan fingerprint density at radius 1 is 1.42 bits per heavy atom. The Morgan fingerprint density at radius 2 is 2.16 bits per heavy atom. The maximum absolute atomic E-state index is 11.4. The summed E-state index contributed by atoms with van der Waals surface area (Å²) in [4.78, 5) is 23.6. The number of hydrogen-bond acceptors (Lipinski definition) is 3. The Labute approximate surface area is 111 Å². The average Bonchev–Trinajstić information content (AvgIpc) is 2.81. The van der Waals surface area contributed by atoms with Crippen LogP contribution in [0.15, 0.2) is 24.3 Å². The van der Waals surface area contributed by atoms with E-state index in [4.69, 9.17) is 4.74 Å². The van der Waals surface area contributed by atoms with Gasteiger partial charge in [-0.25, -0.2) is 4.79 Å². The second-order valence-electron chi connectivity index (χ2n) is 4.02. The van der Waals surface area contributed by atoms with Crippen molar-refractivity contribution in [3.63, 3.8) is 0 Å². The Morgan fingerprint density at radius 3 is 2.74 bits per heavy atom. The van der Waals surface area contributed by atoms with Crippen molar-refractivity contribution in [1.29, 1.82) is 0 Å². The highest BCUT2D eigenvalue weighted by molar-refractivity contribution is 5.89. The topological polar surface area (TPSA) is 58.6 Å². The number of rotatable bonds is 2. The molecule has 1 heterocycles. The van der Waals surface area contributed by atoms with Crippen LogP contribution in [0.25, 0.3) is 0 Å². The summed E-state index contributed by atoms with van der Waals surface area (Å²) in [5.41, 5.74) is 1.64. The minimum Gasteiger partial charge on any atom is -0.447 e. The van der Waals surface area contributed by atoms with Crippen LogP contribution in [0.2, 0.25) is 0 Å². The number of hydrogen-bond donors (Lipinski definition) is 1. The van der Waals surface area contributed by atoms with Gasteiger partial charge in [-0.15, -0.1) is 0 Å². The van der Waals surface area contributed by atoms with E-state index in [0.29, 0.717) is 19.7 Å². The molecular weight excluding hydrogens is 244 g/mol. The van der Waals surface area contributed by atoms with E-state index in [1.165, 1.54) is 6.92 Å². The largest absolute Gasteiger partial charge is 0.447 e. The number of anilines is 1. The van der Waals surface area contributed by atoms with Crippen molar-refractivity contribution < 1.29 is 14.3 Å². The van der Waals surface area contributed by atoms with Crippen LogP contribution >= 0.6 is 0 Å². The first-order chi connectivity index (χ1) is 9.16. The van der Waals surface area contributed by atoms with Crippen molar-refractivity contribution in [3.05, 3.63) is 29.8 Å². The summed E-state index contributed by atoms with van der Waals surface area (Å²) < 4.78 is 4.87. The summed E-state index contributed by atoms with van der Waals surface area (Å²) >= 11 is 0. The van der Waals surface area contributed by atoms with Gasteiger partial charge >= 0.3 is 6.09 Å². The zero-order valence-corrected chi connectivity index (χ0v) is 10.6. The van der Waals surface area contributed by atoms with E-state index >= 15 is 0 Å². The third kappa shape index (κ3) is 3.49. The van der Waals surface area contributed by atoms with E-state index in [1.807, 2.05) is 24.3 Å². The molecule has 1 aliphatic heterocycles. The number of cyclic esters (lactones) is 1. The van der Waals surface area contributed by atoms with Crippen molar-refractivity contribution in [2.75, 3.05) is 24.6 Å². The van der Waals surface area contributed by atoms with Crippen molar-refractivity contribution in [3.8, 4) is 11.8 Å². The number of carbonyl (C=O) groups is 2. The normalized spacial score (nSPS) is 13.5. The Kier molecular flexibility index (Phi) is 4.04. The minimum absolute atomic E-state index is 0.0998. The third-order valence-electron chi connectivity index (χ3n) is 2.60. The van der Waals surface area contributed by atoms with Crippen LogP contribution in [0.5, 0.6) is 0 Å². The molecule has 0 radical (unpaired) electrons. The van der Waals surface area contributed by atoms with Crippen LogP contribution in [0, 0.1) is 11.8 Å². The lowest BCUT2D eigenvalue weighted by Gasteiger charge is -2.11. The van der Waals surface area contributed by atoms with Gasteiger partial charge in [-0.1, -0.05) is 11.8 Å². The molecule has 1 aliphatic rings. The molecule has 0 atom stereocenters. The Bertz CT molecular complexity index is 540. The van der Waals surface area contributed by atoms with Crippen LogP contribution in [0.3, 0.4) is 0 Å². The molecule has 1 N–H and O–H groups in total. The fraction of sp³-hybridized carbons (Fsp3) is 0.286. The highest BCUT2D eigenvalue weighted by atomic mass is 16.6. The molecule has 0 unspecified atom stereocenters. The van der Waals surface area contributed by atoms with Gasteiger partial charge in [0.15, 0.2) is 0 Å². The van der Waals surface area contributed by atoms with Crippen LogP contribution in [-0.2, 0) is 9.53 Å². The van der Waals surface area contributed by atoms with Gasteiger partial charge < -0.3 is 10.1 Å². The summed E-state index contributed by atoms with van der Waals surface area (Å²) in [5, 5.41) is 2.60. The predicted octanol–water partition coefficient (Wildman–Crippen LogP) is 1.13. The molecule has 1 aromatic carbocycles. The van der Waals surface area contributed by atoms with Gasteiger partial charge in [0.05, 0.1) is 13.1 Å². The molecular formula is C14H14N2O3. The number of benzene rings is 1. The first-order valence-corrected chi connectivity index (χ1v) is 5.94. The van der Waals surface area contributed by atoms with E-state index in [1.54, 1.807) is 4.90 Å². The van der Waals surface area contributed by atoms with Crippen LogP contribution in [-0.4, -0.2) is 31.7 Å². The smallest absolute Gasteiger partial charge is 0.414 e. The lowest BCUT2D eigenvalue weighted by molar-refractivity contribution is -0.118. The molecule has 1 fully saturated rings. The predicted molar refractivity (Wildman–Crippen MR) is 70.7 cm³/mol. The van der Waals surface area contributed by atoms with Crippen LogP contribution in [0.4, 0.5) is 10.5 Å². The number of carbonyl (C=O) groups excluding carboxylic acids is 2. The summed E-state index contributed by atoms with van der Waals surface area (Å²) in [6.07, 6.45) is -0.315. The van der Waals surface area contributed by atoms with Crippen molar-refractivity contribution in [2.45, 2.75) is 6.92 Å². The van der Waals surface area contributed by atoms with Gasteiger partial charge in [0, 0.05) is 18.2 Å². The zero-order chi connectivity index (χ0) is 13.7. The quantitative estimate of drug-likeness (QED) is 0.809. The highest BCUT2D eigenvalue weighted by Crippen LogP contribution is 2.18. The maximum atomic E-state index is 11.4. The maximum Gasteiger partial charge on any atom is 0.414 e. The van der Waals surface area contributed by atoms with Crippen molar-refractivity contribution in [2.24, 2.45) is 0 Å². The lowest BCUT2D eigenvalue weighted by Crippen LogP contribution is -2.23. The Balaban J connectivity index is 1.98. The first kappa shape index (κ1) is 13.0. The van der Waals surface area contributed by atoms with Crippen LogP contribution < -0.4 is 10.2 Å². The van der Waals surface area contributed by atoms with Gasteiger partial charge in [-0.3, -0.25) is 9.69 Å². The molecule has 1 saturated heterocycles. The summed E-state index contributed by atoms with van der Waals surface area (Å²) in [6, 6.07) is 7.33. The number of ether oxygens (including phenoxy) is 1.